The van der Waals surface area contributed by atoms with Crippen LogP contribution in [-0.2, 0) is 11.3 Å². The molecule has 4 nitrogen and oxygen atoms in total. The van der Waals surface area contributed by atoms with Crippen molar-refractivity contribution in [3.05, 3.63) is 51.4 Å². The van der Waals surface area contributed by atoms with Crippen LogP contribution in [0, 0.1) is 0 Å². The molecule has 1 atom stereocenters. The second-order valence-corrected chi connectivity index (χ2v) is 6.69. The fraction of sp³-hybridized carbons (Fsp3) is 0.375. The second kappa shape index (κ2) is 7.22. The van der Waals surface area contributed by atoms with Crippen molar-refractivity contribution < 1.29 is 9.53 Å². The van der Waals surface area contributed by atoms with Gasteiger partial charge in [0.25, 0.3) is 5.91 Å². The molecule has 0 aliphatic carbocycles. The Bertz CT molecular complexity index is 610. The van der Waals surface area contributed by atoms with Gasteiger partial charge in [0.15, 0.2) is 0 Å². The summed E-state index contributed by atoms with van der Waals surface area (Å²) in [6, 6.07) is 7.40. The minimum absolute atomic E-state index is 0.0342. The zero-order valence-corrected chi connectivity index (χ0v) is 13.6. The van der Waals surface area contributed by atoms with Crippen LogP contribution in [0.15, 0.2) is 35.8 Å². The van der Waals surface area contributed by atoms with Gasteiger partial charge in [0.1, 0.15) is 5.15 Å². The standard InChI is InChI=1S/C16H17ClN2O2S/c17-15-6-5-12(9-18-15)16(20)19(10-13-3-1-7-21-13)11-14-4-2-8-22-14/h2,4-6,8-9,13H,1,3,7,10-11H2. The highest BCUT2D eigenvalue weighted by Crippen LogP contribution is 2.19. The molecule has 1 saturated heterocycles. The molecule has 3 heterocycles. The molecule has 1 fully saturated rings. The summed E-state index contributed by atoms with van der Waals surface area (Å²) in [6.07, 6.45) is 3.73. The van der Waals surface area contributed by atoms with Crippen molar-refractivity contribution in [3.8, 4) is 0 Å². The van der Waals surface area contributed by atoms with Crippen LogP contribution in [0.1, 0.15) is 28.1 Å². The van der Waals surface area contributed by atoms with Crippen LogP contribution >= 0.6 is 22.9 Å². The number of carbonyl (C=O) groups is 1. The summed E-state index contributed by atoms with van der Waals surface area (Å²) in [6.45, 7) is 1.99. The molecule has 0 N–H and O–H groups in total. The van der Waals surface area contributed by atoms with E-state index in [-0.39, 0.29) is 12.0 Å². The summed E-state index contributed by atoms with van der Waals surface area (Å²) in [5.74, 6) is -0.0342. The van der Waals surface area contributed by atoms with Crippen molar-refractivity contribution in [1.29, 1.82) is 0 Å². The van der Waals surface area contributed by atoms with Gasteiger partial charge in [0.2, 0.25) is 0 Å². The van der Waals surface area contributed by atoms with Gasteiger partial charge in [-0.3, -0.25) is 4.79 Å². The van der Waals surface area contributed by atoms with E-state index in [1.807, 2.05) is 22.4 Å². The maximum absolute atomic E-state index is 12.8. The molecule has 0 radical (unpaired) electrons. The lowest BCUT2D eigenvalue weighted by Gasteiger charge is -2.25. The van der Waals surface area contributed by atoms with E-state index in [9.17, 15) is 4.79 Å². The SMILES string of the molecule is O=C(c1ccc(Cl)nc1)N(Cc1cccs1)CC1CCCO1. The third kappa shape index (κ3) is 3.85. The average Bonchev–Trinajstić information content (AvgIpc) is 3.20. The molecular weight excluding hydrogens is 320 g/mol. The van der Waals surface area contributed by atoms with Crippen LogP contribution in [-0.4, -0.2) is 35.0 Å². The smallest absolute Gasteiger partial charge is 0.255 e. The second-order valence-electron chi connectivity index (χ2n) is 5.27. The molecule has 0 bridgehead atoms. The monoisotopic (exact) mass is 336 g/mol. The Morgan fingerprint density at radius 2 is 2.36 bits per heavy atom. The van der Waals surface area contributed by atoms with Crippen LogP contribution in [0.3, 0.4) is 0 Å². The molecule has 0 aromatic carbocycles. The van der Waals surface area contributed by atoms with E-state index in [4.69, 9.17) is 16.3 Å². The first-order valence-electron chi connectivity index (χ1n) is 7.27. The molecule has 1 amide bonds. The number of rotatable bonds is 5. The van der Waals surface area contributed by atoms with Gasteiger partial charge >= 0.3 is 0 Å². The molecule has 3 rings (SSSR count). The lowest BCUT2D eigenvalue weighted by Crippen LogP contribution is -2.36. The summed E-state index contributed by atoms with van der Waals surface area (Å²) in [4.78, 5) is 19.8. The number of pyridine rings is 1. The Kier molecular flexibility index (Phi) is 5.08. The van der Waals surface area contributed by atoms with Crippen molar-refractivity contribution in [2.45, 2.75) is 25.5 Å². The summed E-state index contributed by atoms with van der Waals surface area (Å²) in [7, 11) is 0. The van der Waals surface area contributed by atoms with Crippen molar-refractivity contribution in [2.75, 3.05) is 13.2 Å². The lowest BCUT2D eigenvalue weighted by atomic mass is 10.2. The fourth-order valence-electron chi connectivity index (χ4n) is 2.53. The van der Waals surface area contributed by atoms with Gasteiger partial charge in [0.05, 0.1) is 18.2 Å². The van der Waals surface area contributed by atoms with Crippen molar-refractivity contribution in [1.82, 2.24) is 9.88 Å². The number of hydrogen-bond acceptors (Lipinski definition) is 4. The Morgan fingerprint density at radius 1 is 1.45 bits per heavy atom. The number of hydrogen-bond donors (Lipinski definition) is 0. The minimum atomic E-state index is -0.0342. The molecule has 2 aromatic rings. The highest BCUT2D eigenvalue weighted by Gasteiger charge is 2.24. The molecule has 1 aliphatic rings. The van der Waals surface area contributed by atoms with Crippen LogP contribution < -0.4 is 0 Å². The van der Waals surface area contributed by atoms with Gasteiger partial charge in [0, 0.05) is 24.2 Å². The molecule has 0 spiro atoms. The van der Waals surface area contributed by atoms with Crippen LogP contribution in [0.2, 0.25) is 5.15 Å². The first kappa shape index (κ1) is 15.5. The number of thiophene rings is 1. The van der Waals surface area contributed by atoms with Gasteiger partial charge in [-0.25, -0.2) is 4.98 Å². The quantitative estimate of drug-likeness (QED) is 0.783. The van der Waals surface area contributed by atoms with E-state index >= 15 is 0 Å². The summed E-state index contributed by atoms with van der Waals surface area (Å²) in [5, 5.41) is 2.41. The Morgan fingerprint density at radius 3 is 3.00 bits per heavy atom. The molecule has 1 unspecified atom stereocenters. The number of nitrogens with zero attached hydrogens (tertiary/aromatic N) is 2. The van der Waals surface area contributed by atoms with E-state index in [0.29, 0.717) is 23.8 Å². The van der Waals surface area contributed by atoms with Gasteiger partial charge in [-0.15, -0.1) is 11.3 Å². The first-order valence-corrected chi connectivity index (χ1v) is 8.53. The normalized spacial score (nSPS) is 17.6. The lowest BCUT2D eigenvalue weighted by molar-refractivity contribution is 0.0509. The third-order valence-corrected chi connectivity index (χ3v) is 4.72. The number of carbonyl (C=O) groups excluding carboxylic acids is 1. The zero-order chi connectivity index (χ0) is 15.4. The highest BCUT2D eigenvalue weighted by molar-refractivity contribution is 7.09. The predicted octanol–water partition coefficient (Wildman–Crippen LogP) is 3.62. The number of amides is 1. The highest BCUT2D eigenvalue weighted by atomic mass is 35.5. The van der Waals surface area contributed by atoms with E-state index < -0.39 is 0 Å². The van der Waals surface area contributed by atoms with E-state index in [0.717, 1.165) is 24.3 Å². The minimum Gasteiger partial charge on any atom is -0.376 e. The van der Waals surface area contributed by atoms with Gasteiger partial charge in [-0.2, -0.15) is 0 Å². The number of halogens is 1. The number of ether oxygens (including phenoxy) is 1. The Labute approximate surface area is 138 Å². The van der Waals surface area contributed by atoms with E-state index in [2.05, 4.69) is 4.98 Å². The molecule has 1 aliphatic heterocycles. The summed E-state index contributed by atoms with van der Waals surface area (Å²) >= 11 is 7.45. The van der Waals surface area contributed by atoms with Crippen molar-refractivity contribution in [3.63, 3.8) is 0 Å². The maximum Gasteiger partial charge on any atom is 0.255 e. The summed E-state index contributed by atoms with van der Waals surface area (Å²) < 4.78 is 5.68. The van der Waals surface area contributed by atoms with Crippen molar-refractivity contribution >= 4 is 28.8 Å². The van der Waals surface area contributed by atoms with Crippen LogP contribution in [0.4, 0.5) is 0 Å². The van der Waals surface area contributed by atoms with Crippen molar-refractivity contribution in [2.24, 2.45) is 0 Å². The van der Waals surface area contributed by atoms with Crippen LogP contribution in [0.5, 0.6) is 0 Å². The summed E-state index contributed by atoms with van der Waals surface area (Å²) in [5.41, 5.74) is 0.555. The maximum atomic E-state index is 12.8. The molecule has 22 heavy (non-hydrogen) atoms. The topological polar surface area (TPSA) is 42.4 Å². The van der Waals surface area contributed by atoms with Crippen LogP contribution in [0.25, 0.3) is 0 Å². The zero-order valence-electron chi connectivity index (χ0n) is 12.1. The Hall–Kier alpha value is -1.43. The number of aromatic nitrogens is 1. The molecule has 6 heteroatoms. The average molecular weight is 337 g/mol. The fourth-order valence-corrected chi connectivity index (χ4v) is 3.36. The molecule has 0 saturated carbocycles. The van der Waals surface area contributed by atoms with E-state index in [1.54, 1.807) is 23.5 Å². The first-order chi connectivity index (χ1) is 10.7. The van der Waals surface area contributed by atoms with Gasteiger partial charge < -0.3 is 9.64 Å². The Balaban J connectivity index is 1.76. The predicted molar refractivity (Wildman–Crippen MR) is 87.3 cm³/mol. The molecule has 116 valence electrons. The third-order valence-electron chi connectivity index (χ3n) is 3.64. The van der Waals surface area contributed by atoms with Gasteiger partial charge in [-0.05, 0) is 36.4 Å². The molecular formula is C16H17ClN2O2S. The largest absolute Gasteiger partial charge is 0.376 e. The van der Waals surface area contributed by atoms with Gasteiger partial charge in [-0.1, -0.05) is 17.7 Å². The molecule has 2 aromatic heterocycles. The van der Waals surface area contributed by atoms with E-state index in [1.165, 1.54) is 6.20 Å².